The van der Waals surface area contributed by atoms with Crippen molar-refractivity contribution in [3.8, 4) is 5.75 Å². The Bertz CT molecular complexity index is 624. The van der Waals surface area contributed by atoms with Crippen LogP contribution in [0.25, 0.3) is 0 Å². The monoisotopic (exact) mass is 358 g/mol. The molecule has 0 bridgehead atoms. The first-order chi connectivity index (χ1) is 12.8. The lowest BCUT2D eigenvalue weighted by molar-refractivity contribution is -0.122. The number of hydrogen-bond donors (Lipinski definition) is 3. The fraction of sp³-hybridized carbons (Fsp3) is 0.600. The number of nitrogens with one attached hydrogen (secondary N) is 3. The van der Waals surface area contributed by atoms with Gasteiger partial charge in [0.15, 0.2) is 5.96 Å². The number of nitrogens with zero attached hydrogens (tertiary/aromatic N) is 1. The average Bonchev–Trinajstić information content (AvgIpc) is 3.55. The van der Waals surface area contributed by atoms with E-state index in [2.05, 4.69) is 27.0 Å². The molecule has 1 aromatic rings. The largest absolute Gasteiger partial charge is 0.493 e. The molecular weight excluding hydrogens is 328 g/mol. The molecule has 3 rings (SSSR count). The Labute approximate surface area is 155 Å². The first-order valence-electron chi connectivity index (χ1n) is 9.77. The fourth-order valence-corrected chi connectivity index (χ4v) is 2.63. The van der Waals surface area contributed by atoms with Gasteiger partial charge >= 0.3 is 0 Å². The molecule has 142 valence electrons. The number of guanidine groups is 1. The number of amides is 1. The Morgan fingerprint density at radius 2 is 1.88 bits per heavy atom. The molecule has 0 saturated heterocycles. The lowest BCUT2D eigenvalue weighted by atomic mass is 10.2. The van der Waals surface area contributed by atoms with Crippen LogP contribution in [-0.4, -0.2) is 38.1 Å². The molecule has 0 radical (unpaired) electrons. The van der Waals surface area contributed by atoms with Crippen LogP contribution in [0.3, 0.4) is 0 Å². The molecular formula is C20H30N4O2. The number of para-hydroxylation sites is 1. The van der Waals surface area contributed by atoms with E-state index in [0.717, 1.165) is 49.2 Å². The van der Waals surface area contributed by atoms with Crippen molar-refractivity contribution in [2.24, 2.45) is 16.8 Å². The number of carbonyl (C=O) groups excluding carboxylic acids is 1. The van der Waals surface area contributed by atoms with Gasteiger partial charge in [0.1, 0.15) is 5.75 Å². The molecule has 0 aromatic heterocycles. The van der Waals surface area contributed by atoms with E-state index in [1.807, 2.05) is 25.1 Å². The Morgan fingerprint density at radius 1 is 1.12 bits per heavy atom. The van der Waals surface area contributed by atoms with Crippen LogP contribution < -0.4 is 20.7 Å². The Balaban J connectivity index is 1.47. The van der Waals surface area contributed by atoms with Crippen LogP contribution in [0.2, 0.25) is 0 Å². The molecule has 0 aliphatic heterocycles. The third-order valence-electron chi connectivity index (χ3n) is 4.56. The molecule has 6 heteroatoms. The first kappa shape index (κ1) is 18.5. The van der Waals surface area contributed by atoms with Crippen molar-refractivity contribution in [1.29, 1.82) is 0 Å². The van der Waals surface area contributed by atoms with E-state index < -0.39 is 0 Å². The van der Waals surface area contributed by atoms with Gasteiger partial charge in [-0.2, -0.15) is 0 Å². The lowest BCUT2D eigenvalue weighted by Crippen LogP contribution is -2.41. The van der Waals surface area contributed by atoms with Gasteiger partial charge in [0.2, 0.25) is 5.91 Å². The summed E-state index contributed by atoms with van der Waals surface area (Å²) in [4.78, 5) is 16.3. The second kappa shape index (κ2) is 9.46. The highest BCUT2D eigenvalue weighted by atomic mass is 16.5. The topological polar surface area (TPSA) is 74.8 Å². The molecule has 6 nitrogen and oxygen atoms in total. The summed E-state index contributed by atoms with van der Waals surface area (Å²) in [6, 6.07) is 8.09. The predicted octanol–water partition coefficient (Wildman–Crippen LogP) is 2.06. The van der Waals surface area contributed by atoms with Crippen LogP contribution >= 0.6 is 0 Å². The van der Waals surface area contributed by atoms with Gasteiger partial charge in [-0.3, -0.25) is 4.79 Å². The van der Waals surface area contributed by atoms with Crippen molar-refractivity contribution < 1.29 is 9.53 Å². The van der Waals surface area contributed by atoms with Gasteiger partial charge in [-0.15, -0.1) is 0 Å². The van der Waals surface area contributed by atoms with E-state index in [1.165, 1.54) is 12.8 Å². The minimum atomic E-state index is 0.176. The molecule has 2 aliphatic carbocycles. The van der Waals surface area contributed by atoms with Crippen LogP contribution in [-0.2, 0) is 11.3 Å². The first-order valence-corrected chi connectivity index (χ1v) is 9.77. The summed E-state index contributed by atoms with van der Waals surface area (Å²) >= 11 is 0. The number of carbonyl (C=O) groups is 1. The zero-order valence-corrected chi connectivity index (χ0v) is 15.6. The van der Waals surface area contributed by atoms with Gasteiger partial charge in [-0.05, 0) is 44.6 Å². The maximum absolute atomic E-state index is 11.6. The molecule has 1 amide bonds. The molecule has 3 N–H and O–H groups in total. The second-order valence-corrected chi connectivity index (χ2v) is 7.05. The van der Waals surface area contributed by atoms with Crippen molar-refractivity contribution in [1.82, 2.24) is 16.0 Å². The number of rotatable bonds is 10. The smallest absolute Gasteiger partial charge is 0.223 e. The van der Waals surface area contributed by atoms with Crippen molar-refractivity contribution in [3.63, 3.8) is 0 Å². The summed E-state index contributed by atoms with van der Waals surface area (Å²) in [6.45, 7) is 5.47. The molecule has 2 aliphatic rings. The minimum Gasteiger partial charge on any atom is -0.493 e. The van der Waals surface area contributed by atoms with Crippen LogP contribution in [0.15, 0.2) is 29.3 Å². The van der Waals surface area contributed by atoms with E-state index in [1.54, 1.807) is 0 Å². The summed E-state index contributed by atoms with van der Waals surface area (Å²) in [5.74, 6) is 2.84. The quantitative estimate of drug-likeness (QED) is 0.340. The highest BCUT2D eigenvalue weighted by molar-refractivity contribution is 5.81. The van der Waals surface area contributed by atoms with Gasteiger partial charge < -0.3 is 20.7 Å². The fourth-order valence-electron chi connectivity index (χ4n) is 2.63. The van der Waals surface area contributed by atoms with Crippen molar-refractivity contribution in [2.75, 3.05) is 26.2 Å². The Hall–Kier alpha value is -2.24. The van der Waals surface area contributed by atoms with Gasteiger partial charge in [0, 0.05) is 31.1 Å². The summed E-state index contributed by atoms with van der Waals surface area (Å²) in [5.41, 5.74) is 1.09. The second-order valence-electron chi connectivity index (χ2n) is 7.05. The molecule has 0 spiro atoms. The van der Waals surface area contributed by atoms with Crippen molar-refractivity contribution >= 4 is 11.9 Å². The van der Waals surface area contributed by atoms with Gasteiger partial charge in [0.05, 0.1) is 13.2 Å². The molecule has 2 fully saturated rings. The molecule has 1 aromatic carbocycles. The Morgan fingerprint density at radius 3 is 2.62 bits per heavy atom. The zero-order valence-electron chi connectivity index (χ0n) is 15.6. The van der Waals surface area contributed by atoms with Gasteiger partial charge in [-0.25, -0.2) is 4.99 Å². The van der Waals surface area contributed by atoms with Crippen LogP contribution in [0, 0.1) is 11.8 Å². The van der Waals surface area contributed by atoms with E-state index in [9.17, 15) is 4.79 Å². The van der Waals surface area contributed by atoms with Crippen molar-refractivity contribution in [3.05, 3.63) is 29.8 Å². The number of ether oxygens (including phenoxy) is 1. The highest BCUT2D eigenvalue weighted by Crippen LogP contribution is 2.30. The number of benzene rings is 1. The zero-order chi connectivity index (χ0) is 18.2. The number of aliphatic imine (C=N–C) groups is 1. The maximum Gasteiger partial charge on any atom is 0.223 e. The highest BCUT2D eigenvalue weighted by Gasteiger charge is 2.29. The molecule has 2 saturated carbocycles. The third-order valence-corrected chi connectivity index (χ3v) is 4.56. The van der Waals surface area contributed by atoms with Gasteiger partial charge in [0.25, 0.3) is 0 Å². The van der Waals surface area contributed by atoms with Crippen LogP contribution in [0.4, 0.5) is 0 Å². The predicted molar refractivity (Wildman–Crippen MR) is 103 cm³/mol. The standard InChI is InChI=1S/C20H30N4O2/c1-2-21-20(23-12-11-22-19(25)16-9-10-16)24-13-17-5-3-4-6-18(17)26-14-15-7-8-15/h3-6,15-16H,2,7-14H2,1H3,(H,22,25)(H2,21,23,24). The number of hydrogen-bond acceptors (Lipinski definition) is 3. The van der Waals surface area contributed by atoms with Crippen molar-refractivity contribution in [2.45, 2.75) is 39.2 Å². The van der Waals surface area contributed by atoms with Crippen LogP contribution in [0.1, 0.15) is 38.2 Å². The SMILES string of the molecule is CCNC(=NCc1ccccc1OCC1CC1)NCCNC(=O)C1CC1. The summed E-state index contributed by atoms with van der Waals surface area (Å²) < 4.78 is 5.95. The summed E-state index contributed by atoms with van der Waals surface area (Å²) in [5, 5.41) is 9.46. The van der Waals surface area contributed by atoms with E-state index in [-0.39, 0.29) is 11.8 Å². The molecule has 0 heterocycles. The summed E-state index contributed by atoms with van der Waals surface area (Å²) in [7, 11) is 0. The van der Waals surface area contributed by atoms with Gasteiger partial charge in [-0.1, -0.05) is 18.2 Å². The Kier molecular flexibility index (Phi) is 6.75. The minimum absolute atomic E-state index is 0.176. The molecule has 0 atom stereocenters. The van der Waals surface area contributed by atoms with E-state index in [4.69, 9.17) is 4.74 Å². The lowest BCUT2D eigenvalue weighted by Gasteiger charge is -2.13. The average molecular weight is 358 g/mol. The molecule has 26 heavy (non-hydrogen) atoms. The van der Waals surface area contributed by atoms with E-state index >= 15 is 0 Å². The normalized spacial score (nSPS) is 16.9. The molecule has 0 unspecified atom stereocenters. The summed E-state index contributed by atoms with van der Waals surface area (Å²) in [6.07, 6.45) is 4.63. The van der Waals surface area contributed by atoms with E-state index in [0.29, 0.717) is 19.6 Å². The maximum atomic E-state index is 11.6. The van der Waals surface area contributed by atoms with Crippen LogP contribution in [0.5, 0.6) is 5.75 Å². The third kappa shape index (κ3) is 6.24.